The maximum Gasteiger partial charge on any atom is 0.228 e. The lowest BCUT2D eigenvalue weighted by molar-refractivity contribution is 0.300. The molecule has 1 fully saturated rings. The van der Waals surface area contributed by atoms with Gasteiger partial charge in [0, 0.05) is 18.8 Å². The number of hydrogen-bond acceptors (Lipinski definition) is 6. The van der Waals surface area contributed by atoms with Gasteiger partial charge in [0.15, 0.2) is 11.0 Å². The van der Waals surface area contributed by atoms with E-state index in [1.807, 2.05) is 0 Å². The minimum atomic E-state index is -1.43. The lowest BCUT2D eigenvalue weighted by Gasteiger charge is -2.27. The van der Waals surface area contributed by atoms with E-state index in [-0.39, 0.29) is 21.7 Å². The Morgan fingerprint density at radius 3 is 2.83 bits per heavy atom. The SMILES string of the molecule is CS(=O)c1nc2c3c(nc(Cl)c(F)c3n1)OCCCN2C1CC1. The average Bonchev–Trinajstić information content (AvgIpc) is 3.33. The van der Waals surface area contributed by atoms with E-state index in [2.05, 4.69) is 19.9 Å². The standard InChI is InChI=1S/C14H14ClFN4O2S/c1-23(21)14-17-10-8-12(19-14)20(7-3-4-7)5-2-6-22-13(8)18-11(15)9(10)16/h7H,2-6H2,1H3. The summed E-state index contributed by atoms with van der Waals surface area (Å²) < 4.78 is 32.0. The van der Waals surface area contributed by atoms with Crippen LogP contribution in [-0.4, -0.2) is 44.6 Å². The summed E-state index contributed by atoms with van der Waals surface area (Å²) in [5, 5.41) is 0.196. The number of rotatable bonds is 2. The summed E-state index contributed by atoms with van der Waals surface area (Å²) in [7, 11) is -1.43. The van der Waals surface area contributed by atoms with Crippen LogP contribution in [0.4, 0.5) is 10.2 Å². The third-order valence-corrected chi connectivity index (χ3v) is 4.92. The number of pyridine rings is 1. The summed E-state index contributed by atoms with van der Waals surface area (Å²) in [5.74, 6) is 0.0429. The van der Waals surface area contributed by atoms with Crippen LogP contribution in [0.2, 0.25) is 5.15 Å². The second kappa shape index (κ2) is 5.52. The van der Waals surface area contributed by atoms with E-state index in [4.69, 9.17) is 16.3 Å². The lowest BCUT2D eigenvalue weighted by Crippen LogP contribution is -2.31. The van der Waals surface area contributed by atoms with Gasteiger partial charge in [-0.3, -0.25) is 4.21 Å². The quantitative estimate of drug-likeness (QED) is 0.607. The number of nitrogens with zero attached hydrogens (tertiary/aromatic N) is 4. The number of anilines is 1. The fourth-order valence-electron chi connectivity index (χ4n) is 2.77. The van der Waals surface area contributed by atoms with Gasteiger partial charge in [0.2, 0.25) is 11.0 Å². The van der Waals surface area contributed by atoms with Crippen molar-refractivity contribution in [2.75, 3.05) is 24.3 Å². The van der Waals surface area contributed by atoms with Gasteiger partial charge >= 0.3 is 0 Å². The van der Waals surface area contributed by atoms with Crippen LogP contribution in [0.1, 0.15) is 19.3 Å². The zero-order valence-electron chi connectivity index (χ0n) is 12.4. The Balaban J connectivity index is 2.08. The third kappa shape index (κ3) is 2.53. The highest BCUT2D eigenvalue weighted by molar-refractivity contribution is 7.84. The first-order valence-electron chi connectivity index (χ1n) is 7.36. The topological polar surface area (TPSA) is 68.2 Å². The molecule has 2 aromatic rings. The molecule has 9 heteroatoms. The van der Waals surface area contributed by atoms with E-state index in [1.54, 1.807) is 0 Å². The van der Waals surface area contributed by atoms with Gasteiger partial charge in [-0.05, 0) is 19.3 Å². The Bertz CT molecular complexity index is 830. The van der Waals surface area contributed by atoms with Crippen molar-refractivity contribution in [1.82, 2.24) is 15.0 Å². The first-order chi connectivity index (χ1) is 11.1. The molecule has 4 rings (SSSR count). The van der Waals surface area contributed by atoms with Crippen molar-refractivity contribution >= 4 is 39.1 Å². The van der Waals surface area contributed by atoms with E-state index in [9.17, 15) is 8.60 Å². The normalized spacial score (nSPS) is 19.2. The lowest BCUT2D eigenvalue weighted by atomic mass is 10.2. The molecule has 3 heterocycles. The fourth-order valence-corrected chi connectivity index (χ4v) is 3.37. The van der Waals surface area contributed by atoms with Crippen molar-refractivity contribution in [1.29, 1.82) is 0 Å². The largest absolute Gasteiger partial charge is 0.477 e. The number of ether oxygens (including phenoxy) is 1. The van der Waals surface area contributed by atoms with Gasteiger partial charge in [-0.2, -0.15) is 4.98 Å². The van der Waals surface area contributed by atoms with Crippen molar-refractivity contribution in [2.24, 2.45) is 0 Å². The van der Waals surface area contributed by atoms with Crippen LogP contribution in [0.5, 0.6) is 5.88 Å². The molecule has 1 saturated carbocycles. The van der Waals surface area contributed by atoms with E-state index in [0.717, 1.165) is 25.8 Å². The van der Waals surface area contributed by atoms with Crippen molar-refractivity contribution < 1.29 is 13.3 Å². The van der Waals surface area contributed by atoms with Gasteiger partial charge < -0.3 is 9.64 Å². The maximum atomic E-state index is 14.5. The van der Waals surface area contributed by atoms with Gasteiger partial charge in [-0.25, -0.2) is 14.4 Å². The molecule has 0 aromatic carbocycles. The Labute approximate surface area is 139 Å². The van der Waals surface area contributed by atoms with Crippen LogP contribution in [0.15, 0.2) is 5.16 Å². The molecular weight excluding hydrogens is 343 g/mol. The summed E-state index contributed by atoms with van der Waals surface area (Å²) in [6, 6.07) is 0.371. The van der Waals surface area contributed by atoms with Gasteiger partial charge in [-0.1, -0.05) is 11.6 Å². The Morgan fingerprint density at radius 1 is 1.35 bits per heavy atom. The molecule has 0 N–H and O–H groups in total. The van der Waals surface area contributed by atoms with Gasteiger partial charge in [0.1, 0.15) is 16.7 Å². The average molecular weight is 357 g/mol. The van der Waals surface area contributed by atoms with Crippen LogP contribution in [0, 0.1) is 5.82 Å². The first-order valence-corrected chi connectivity index (χ1v) is 9.29. The van der Waals surface area contributed by atoms with Gasteiger partial charge in [0.25, 0.3) is 0 Å². The smallest absolute Gasteiger partial charge is 0.228 e. The van der Waals surface area contributed by atoms with Crippen LogP contribution < -0.4 is 9.64 Å². The summed E-state index contributed by atoms with van der Waals surface area (Å²) in [6.45, 7) is 1.21. The minimum absolute atomic E-state index is 0.0164. The van der Waals surface area contributed by atoms with Crippen molar-refractivity contribution in [3.63, 3.8) is 0 Å². The van der Waals surface area contributed by atoms with Crippen LogP contribution >= 0.6 is 11.6 Å². The molecule has 0 saturated heterocycles. The molecule has 2 aliphatic rings. The van der Waals surface area contributed by atoms with Crippen LogP contribution in [-0.2, 0) is 10.8 Å². The molecule has 23 heavy (non-hydrogen) atoms. The van der Waals surface area contributed by atoms with E-state index >= 15 is 0 Å². The van der Waals surface area contributed by atoms with E-state index in [1.165, 1.54) is 6.26 Å². The predicted octanol–water partition coefficient (Wildman–Crippen LogP) is 2.31. The second-order valence-corrected chi connectivity index (χ2v) is 7.29. The molecule has 2 aromatic heterocycles. The molecule has 1 aliphatic heterocycles. The highest BCUT2D eigenvalue weighted by atomic mass is 35.5. The Hall–Kier alpha value is -1.54. The second-order valence-electron chi connectivity index (χ2n) is 5.66. The van der Waals surface area contributed by atoms with Gasteiger partial charge in [-0.15, -0.1) is 0 Å². The van der Waals surface area contributed by atoms with Crippen LogP contribution in [0.3, 0.4) is 0 Å². The molecule has 0 bridgehead atoms. The molecule has 1 unspecified atom stereocenters. The Kier molecular flexibility index (Phi) is 3.60. The zero-order valence-corrected chi connectivity index (χ0v) is 14.0. The highest BCUT2D eigenvalue weighted by Gasteiger charge is 2.34. The van der Waals surface area contributed by atoms with E-state index < -0.39 is 16.6 Å². The Morgan fingerprint density at radius 2 is 2.13 bits per heavy atom. The van der Waals surface area contributed by atoms with Crippen molar-refractivity contribution in [2.45, 2.75) is 30.5 Å². The number of hydrogen-bond donors (Lipinski definition) is 0. The third-order valence-electron chi connectivity index (χ3n) is 3.97. The maximum absolute atomic E-state index is 14.5. The summed E-state index contributed by atoms with van der Waals surface area (Å²) >= 11 is 5.87. The van der Waals surface area contributed by atoms with E-state index in [0.29, 0.717) is 23.9 Å². The number of halogens is 2. The molecule has 0 amide bonds. The minimum Gasteiger partial charge on any atom is -0.477 e. The molecule has 1 aliphatic carbocycles. The highest BCUT2D eigenvalue weighted by Crippen LogP contribution is 2.40. The van der Waals surface area contributed by atoms with Gasteiger partial charge in [0.05, 0.1) is 17.4 Å². The molecule has 0 radical (unpaired) electrons. The van der Waals surface area contributed by atoms with Crippen molar-refractivity contribution in [3.8, 4) is 5.88 Å². The summed E-state index contributed by atoms with van der Waals surface area (Å²) in [5.41, 5.74) is 0.0164. The molecule has 0 spiro atoms. The molecule has 122 valence electrons. The summed E-state index contributed by atoms with van der Waals surface area (Å²) in [6.07, 6.45) is 4.39. The van der Waals surface area contributed by atoms with Crippen molar-refractivity contribution in [3.05, 3.63) is 11.0 Å². The monoisotopic (exact) mass is 356 g/mol. The molecule has 1 atom stereocenters. The molecule has 6 nitrogen and oxygen atoms in total. The zero-order chi connectivity index (χ0) is 16.1. The predicted molar refractivity (Wildman–Crippen MR) is 85.1 cm³/mol. The first kappa shape index (κ1) is 15.0. The summed E-state index contributed by atoms with van der Waals surface area (Å²) in [4.78, 5) is 14.7. The van der Waals surface area contributed by atoms with Crippen LogP contribution in [0.25, 0.3) is 10.9 Å². The molecular formula is C14H14ClFN4O2S. The fraction of sp³-hybridized carbons (Fsp3) is 0.500. The number of aromatic nitrogens is 3.